The van der Waals surface area contributed by atoms with E-state index in [0.29, 0.717) is 17.3 Å². The molecule has 1 aliphatic rings. The summed E-state index contributed by atoms with van der Waals surface area (Å²) >= 11 is 3.42. The molecule has 136 valence electrons. The first-order chi connectivity index (χ1) is 13.2. The number of fused-ring (bicyclic) bond motifs is 1. The number of benzene rings is 2. The summed E-state index contributed by atoms with van der Waals surface area (Å²) < 4.78 is 11.4. The Bertz CT molecular complexity index is 1010. The Morgan fingerprint density at radius 2 is 2.04 bits per heavy atom. The summed E-state index contributed by atoms with van der Waals surface area (Å²) in [5, 5.41) is 16.0. The van der Waals surface area contributed by atoms with Crippen LogP contribution in [0.1, 0.15) is 5.56 Å². The number of hydrogen-bond donors (Lipinski definition) is 1. The van der Waals surface area contributed by atoms with E-state index >= 15 is 0 Å². The lowest BCUT2D eigenvalue weighted by Gasteiger charge is -2.02. The van der Waals surface area contributed by atoms with Crippen molar-refractivity contribution in [2.24, 2.45) is 5.10 Å². The third-order valence-electron chi connectivity index (χ3n) is 3.65. The second-order valence-electron chi connectivity index (χ2n) is 5.53. The number of ether oxygens (including phenoxy) is 2. The van der Waals surface area contributed by atoms with Crippen molar-refractivity contribution in [1.29, 1.82) is 0 Å². The highest BCUT2D eigenvalue weighted by Gasteiger charge is 2.15. The molecule has 0 bridgehead atoms. The minimum Gasteiger partial charge on any atom is -0.454 e. The van der Waals surface area contributed by atoms with Crippen LogP contribution in [-0.2, 0) is 11.3 Å². The third kappa shape index (κ3) is 3.95. The summed E-state index contributed by atoms with van der Waals surface area (Å²) in [4.78, 5) is 13.2. The van der Waals surface area contributed by atoms with Crippen LogP contribution in [0.25, 0.3) is 11.4 Å². The van der Waals surface area contributed by atoms with Crippen LogP contribution in [-0.4, -0.2) is 39.1 Å². The summed E-state index contributed by atoms with van der Waals surface area (Å²) in [7, 11) is 0. The summed E-state index contributed by atoms with van der Waals surface area (Å²) in [6, 6.07) is 13.0. The van der Waals surface area contributed by atoms with Gasteiger partial charge in [-0.05, 0) is 33.3 Å². The van der Waals surface area contributed by atoms with Gasteiger partial charge in [-0.1, -0.05) is 30.3 Å². The highest BCUT2D eigenvalue weighted by atomic mass is 79.9. The molecule has 1 amide bonds. The second-order valence-corrected chi connectivity index (χ2v) is 6.38. The summed E-state index contributed by atoms with van der Waals surface area (Å²) in [6.07, 6.45) is 1.51. The van der Waals surface area contributed by atoms with Gasteiger partial charge >= 0.3 is 0 Å². The molecule has 3 aromatic rings. The number of carbonyl (C=O) groups excluding carboxylic acids is 1. The maximum Gasteiger partial charge on any atom is 0.263 e. The maximum atomic E-state index is 12.0. The van der Waals surface area contributed by atoms with Crippen LogP contribution in [0.15, 0.2) is 52.0 Å². The van der Waals surface area contributed by atoms with E-state index in [1.807, 2.05) is 30.3 Å². The molecule has 1 aromatic heterocycles. The fraction of sp³-hybridized carbons (Fsp3) is 0.118. The normalized spacial score (nSPS) is 12.5. The van der Waals surface area contributed by atoms with Crippen LogP contribution in [0.2, 0.25) is 0 Å². The van der Waals surface area contributed by atoms with Crippen LogP contribution in [0.4, 0.5) is 0 Å². The van der Waals surface area contributed by atoms with Gasteiger partial charge in [-0.3, -0.25) is 4.79 Å². The van der Waals surface area contributed by atoms with Crippen molar-refractivity contribution < 1.29 is 14.3 Å². The molecule has 0 unspecified atom stereocenters. The zero-order chi connectivity index (χ0) is 18.6. The van der Waals surface area contributed by atoms with E-state index in [4.69, 9.17) is 9.47 Å². The van der Waals surface area contributed by atoms with Crippen LogP contribution >= 0.6 is 15.9 Å². The lowest BCUT2D eigenvalue weighted by atomic mass is 10.2. The van der Waals surface area contributed by atoms with Crippen LogP contribution in [0.5, 0.6) is 11.5 Å². The molecule has 2 aromatic carbocycles. The van der Waals surface area contributed by atoms with Crippen molar-refractivity contribution in [2.75, 3.05) is 6.79 Å². The Balaban J connectivity index is 1.36. The van der Waals surface area contributed by atoms with Crippen molar-refractivity contribution in [1.82, 2.24) is 25.6 Å². The molecule has 0 aliphatic carbocycles. The molecule has 0 atom stereocenters. The van der Waals surface area contributed by atoms with E-state index in [9.17, 15) is 4.79 Å². The Hall–Kier alpha value is -3.27. The molecule has 0 spiro atoms. The minimum absolute atomic E-state index is 0.0977. The topological polar surface area (TPSA) is 104 Å². The lowest BCUT2D eigenvalue weighted by Crippen LogP contribution is -2.24. The van der Waals surface area contributed by atoms with E-state index in [1.54, 1.807) is 12.1 Å². The van der Waals surface area contributed by atoms with Crippen molar-refractivity contribution in [3.63, 3.8) is 0 Å². The number of nitrogens with zero attached hydrogens (tertiary/aromatic N) is 5. The van der Waals surface area contributed by atoms with Crippen molar-refractivity contribution >= 4 is 28.1 Å². The van der Waals surface area contributed by atoms with Crippen LogP contribution < -0.4 is 14.9 Å². The molecule has 27 heavy (non-hydrogen) atoms. The van der Waals surface area contributed by atoms with Gasteiger partial charge in [0.1, 0.15) is 6.54 Å². The molecule has 0 fully saturated rings. The first kappa shape index (κ1) is 17.2. The van der Waals surface area contributed by atoms with E-state index in [-0.39, 0.29) is 19.2 Å². The van der Waals surface area contributed by atoms with Gasteiger partial charge in [-0.2, -0.15) is 9.90 Å². The SMILES string of the molecule is O=C(Cn1nnc(-c2ccccc2)n1)NN=Cc1cc2c(cc1Br)OCO2. The molecule has 1 aliphatic heterocycles. The fourth-order valence-electron chi connectivity index (χ4n) is 2.38. The van der Waals surface area contributed by atoms with E-state index in [1.165, 1.54) is 11.0 Å². The van der Waals surface area contributed by atoms with Gasteiger partial charge in [-0.25, -0.2) is 5.43 Å². The Morgan fingerprint density at radius 3 is 2.85 bits per heavy atom. The average Bonchev–Trinajstić information content (AvgIpc) is 3.32. The average molecular weight is 429 g/mol. The molecule has 0 radical (unpaired) electrons. The number of hydrogen-bond acceptors (Lipinski definition) is 7. The minimum atomic E-state index is -0.375. The number of tetrazole rings is 1. The Labute approximate surface area is 162 Å². The molecular weight excluding hydrogens is 416 g/mol. The summed E-state index contributed by atoms with van der Waals surface area (Å²) in [5.74, 6) is 1.37. The molecular formula is C17H13BrN6O3. The van der Waals surface area contributed by atoms with Crippen molar-refractivity contribution in [3.05, 3.63) is 52.5 Å². The standard InChI is InChI=1S/C17H13BrN6O3/c18-13-7-15-14(26-10-27-15)6-12(13)8-19-20-16(25)9-24-22-17(21-23-24)11-4-2-1-3-5-11/h1-8H,9-10H2,(H,20,25). The van der Waals surface area contributed by atoms with Gasteiger partial charge < -0.3 is 9.47 Å². The Morgan fingerprint density at radius 1 is 1.26 bits per heavy atom. The zero-order valence-electron chi connectivity index (χ0n) is 13.9. The number of halogens is 1. The monoisotopic (exact) mass is 428 g/mol. The summed E-state index contributed by atoms with van der Waals surface area (Å²) in [5.41, 5.74) is 4.00. The molecule has 0 saturated heterocycles. The smallest absolute Gasteiger partial charge is 0.263 e. The highest BCUT2D eigenvalue weighted by molar-refractivity contribution is 9.10. The fourth-order valence-corrected chi connectivity index (χ4v) is 2.81. The quantitative estimate of drug-likeness (QED) is 0.492. The van der Waals surface area contributed by atoms with Gasteiger partial charge in [0.25, 0.3) is 5.91 Å². The number of hydrazone groups is 1. The molecule has 4 rings (SSSR count). The van der Waals surface area contributed by atoms with E-state index in [2.05, 4.69) is 41.9 Å². The zero-order valence-corrected chi connectivity index (χ0v) is 15.5. The summed E-state index contributed by atoms with van der Waals surface area (Å²) in [6.45, 7) is 0.0917. The van der Waals surface area contributed by atoms with Crippen molar-refractivity contribution in [3.8, 4) is 22.9 Å². The lowest BCUT2D eigenvalue weighted by molar-refractivity contribution is -0.122. The van der Waals surface area contributed by atoms with Crippen molar-refractivity contribution in [2.45, 2.75) is 6.54 Å². The molecule has 10 heteroatoms. The highest BCUT2D eigenvalue weighted by Crippen LogP contribution is 2.36. The Kier molecular flexibility index (Phi) is 4.79. The van der Waals surface area contributed by atoms with Gasteiger partial charge in [-0.15, -0.1) is 10.2 Å². The van der Waals surface area contributed by atoms with Crippen LogP contribution in [0, 0.1) is 0 Å². The number of aromatic nitrogens is 4. The predicted molar refractivity (Wildman–Crippen MR) is 99.3 cm³/mol. The predicted octanol–water partition coefficient (Wildman–Crippen LogP) is 1.98. The first-order valence-corrected chi connectivity index (χ1v) is 8.72. The molecule has 9 nitrogen and oxygen atoms in total. The van der Waals surface area contributed by atoms with Gasteiger partial charge in [0.05, 0.1) is 6.21 Å². The van der Waals surface area contributed by atoms with E-state index in [0.717, 1.165) is 15.6 Å². The molecule has 1 N–H and O–H groups in total. The number of carbonyl (C=O) groups is 1. The molecule has 2 heterocycles. The second kappa shape index (κ2) is 7.54. The van der Waals surface area contributed by atoms with Gasteiger partial charge in [0.15, 0.2) is 11.5 Å². The number of nitrogens with one attached hydrogen (secondary N) is 1. The number of amides is 1. The van der Waals surface area contributed by atoms with Crippen LogP contribution in [0.3, 0.4) is 0 Å². The third-order valence-corrected chi connectivity index (χ3v) is 4.34. The van der Waals surface area contributed by atoms with E-state index < -0.39 is 0 Å². The van der Waals surface area contributed by atoms with Gasteiger partial charge in [0.2, 0.25) is 12.6 Å². The first-order valence-electron chi connectivity index (χ1n) is 7.93. The molecule has 0 saturated carbocycles. The van der Waals surface area contributed by atoms with Gasteiger partial charge in [0, 0.05) is 15.6 Å². The maximum absolute atomic E-state index is 12.0. The largest absolute Gasteiger partial charge is 0.454 e. The number of rotatable bonds is 5.